The van der Waals surface area contributed by atoms with Gasteiger partial charge in [-0.2, -0.15) is 5.10 Å². The summed E-state index contributed by atoms with van der Waals surface area (Å²) in [6.45, 7) is 7.84. The molecule has 134 valence electrons. The molecule has 1 aromatic carbocycles. The van der Waals surface area contributed by atoms with Crippen LogP contribution in [-0.4, -0.2) is 39.2 Å². The number of likely N-dealkylation sites (tertiary alicyclic amines) is 1. The van der Waals surface area contributed by atoms with Crippen molar-refractivity contribution in [2.45, 2.75) is 52.2 Å². The Morgan fingerprint density at radius 1 is 1.36 bits per heavy atom. The summed E-state index contributed by atoms with van der Waals surface area (Å²) in [6.07, 6.45) is 2.21. The number of benzene rings is 1. The van der Waals surface area contributed by atoms with Crippen molar-refractivity contribution in [2.75, 3.05) is 11.9 Å². The fraction of sp³-hybridized carbons (Fsp3) is 0.474. The van der Waals surface area contributed by atoms with Gasteiger partial charge in [-0.15, -0.1) is 0 Å². The number of aryl methyl sites for hydroxylation is 2. The van der Waals surface area contributed by atoms with Gasteiger partial charge < -0.3 is 5.32 Å². The number of anilines is 1. The summed E-state index contributed by atoms with van der Waals surface area (Å²) in [5.41, 5.74) is 2.98. The van der Waals surface area contributed by atoms with E-state index in [9.17, 15) is 4.79 Å². The maximum atomic E-state index is 12.6. The standard InChI is InChI=1S/C19H25ClN4O/c1-13-11-14(2)24(22-13)12-18-5-4-10-23(18)15(3)19(25)21-17-8-6-16(20)7-9-17/h6-9,11,15,18H,4-5,10,12H2,1-3H3,(H,21,25). The zero-order valence-electron chi connectivity index (χ0n) is 15.0. The number of hydrogen-bond acceptors (Lipinski definition) is 3. The first kappa shape index (κ1) is 18.0. The van der Waals surface area contributed by atoms with E-state index in [0.717, 1.165) is 37.3 Å². The van der Waals surface area contributed by atoms with Gasteiger partial charge in [0.15, 0.2) is 0 Å². The van der Waals surface area contributed by atoms with E-state index in [1.807, 2.05) is 26.0 Å². The van der Waals surface area contributed by atoms with E-state index in [4.69, 9.17) is 11.6 Å². The smallest absolute Gasteiger partial charge is 0.241 e. The van der Waals surface area contributed by atoms with Crippen LogP contribution < -0.4 is 5.32 Å². The number of amides is 1. The molecule has 2 heterocycles. The maximum absolute atomic E-state index is 12.6. The van der Waals surface area contributed by atoms with Crippen LogP contribution in [0.1, 0.15) is 31.2 Å². The Kier molecular flexibility index (Phi) is 5.45. The summed E-state index contributed by atoms with van der Waals surface area (Å²) < 4.78 is 2.06. The molecule has 0 radical (unpaired) electrons. The number of carbonyl (C=O) groups excluding carboxylic acids is 1. The van der Waals surface area contributed by atoms with Gasteiger partial charge in [0.1, 0.15) is 0 Å². The molecule has 3 rings (SSSR count). The lowest BCUT2D eigenvalue weighted by atomic mass is 10.1. The molecule has 2 unspecified atom stereocenters. The molecule has 25 heavy (non-hydrogen) atoms. The summed E-state index contributed by atoms with van der Waals surface area (Å²) in [7, 11) is 0. The zero-order valence-corrected chi connectivity index (χ0v) is 15.8. The molecule has 6 heteroatoms. The molecular weight excluding hydrogens is 336 g/mol. The van der Waals surface area contributed by atoms with Gasteiger partial charge in [-0.25, -0.2) is 0 Å². The van der Waals surface area contributed by atoms with Crippen LogP contribution in [0.2, 0.25) is 5.02 Å². The Morgan fingerprint density at radius 2 is 2.08 bits per heavy atom. The number of carbonyl (C=O) groups is 1. The van der Waals surface area contributed by atoms with E-state index >= 15 is 0 Å². The average molecular weight is 361 g/mol. The number of nitrogens with one attached hydrogen (secondary N) is 1. The molecule has 1 N–H and O–H groups in total. The van der Waals surface area contributed by atoms with Crippen LogP contribution in [0.25, 0.3) is 0 Å². The van der Waals surface area contributed by atoms with Crippen LogP contribution in [0.15, 0.2) is 30.3 Å². The Morgan fingerprint density at radius 3 is 2.72 bits per heavy atom. The molecular formula is C19H25ClN4O. The van der Waals surface area contributed by atoms with Crippen molar-refractivity contribution >= 4 is 23.2 Å². The number of nitrogens with zero attached hydrogens (tertiary/aromatic N) is 3. The maximum Gasteiger partial charge on any atom is 0.241 e. The van der Waals surface area contributed by atoms with Crippen LogP contribution >= 0.6 is 11.6 Å². The fourth-order valence-electron chi connectivity index (χ4n) is 3.55. The number of hydrogen-bond donors (Lipinski definition) is 1. The summed E-state index contributed by atoms with van der Waals surface area (Å²) in [5, 5.41) is 8.21. The first-order valence-electron chi connectivity index (χ1n) is 8.77. The van der Waals surface area contributed by atoms with Crippen LogP contribution in [0.5, 0.6) is 0 Å². The fourth-order valence-corrected chi connectivity index (χ4v) is 3.68. The van der Waals surface area contributed by atoms with Gasteiger partial charge in [0.2, 0.25) is 5.91 Å². The summed E-state index contributed by atoms with van der Waals surface area (Å²) in [5.74, 6) is 0.0163. The summed E-state index contributed by atoms with van der Waals surface area (Å²) in [4.78, 5) is 14.9. The Labute approximate surface area is 154 Å². The highest BCUT2D eigenvalue weighted by molar-refractivity contribution is 6.30. The minimum absolute atomic E-state index is 0.0163. The molecule has 2 atom stereocenters. The highest BCUT2D eigenvalue weighted by Crippen LogP contribution is 2.23. The van der Waals surface area contributed by atoms with E-state index in [1.165, 1.54) is 5.69 Å². The zero-order chi connectivity index (χ0) is 18.0. The molecule has 1 fully saturated rings. The molecule has 1 aromatic heterocycles. The number of aromatic nitrogens is 2. The normalized spacial score (nSPS) is 19.1. The van der Waals surface area contributed by atoms with E-state index < -0.39 is 0 Å². The van der Waals surface area contributed by atoms with E-state index in [1.54, 1.807) is 12.1 Å². The highest BCUT2D eigenvalue weighted by atomic mass is 35.5. The molecule has 0 spiro atoms. The summed E-state index contributed by atoms with van der Waals surface area (Å²) in [6, 6.07) is 9.46. The van der Waals surface area contributed by atoms with Gasteiger partial charge in [0.05, 0.1) is 18.3 Å². The monoisotopic (exact) mass is 360 g/mol. The second-order valence-electron chi connectivity index (χ2n) is 6.82. The van der Waals surface area contributed by atoms with Crippen molar-refractivity contribution in [3.05, 3.63) is 46.7 Å². The second kappa shape index (κ2) is 7.58. The molecule has 0 bridgehead atoms. The van der Waals surface area contributed by atoms with Crippen molar-refractivity contribution in [2.24, 2.45) is 0 Å². The molecule has 0 aliphatic carbocycles. The van der Waals surface area contributed by atoms with Gasteiger partial charge in [-0.1, -0.05) is 11.6 Å². The quantitative estimate of drug-likeness (QED) is 0.885. The first-order valence-corrected chi connectivity index (χ1v) is 9.15. The van der Waals surface area contributed by atoms with Gasteiger partial charge in [-0.3, -0.25) is 14.4 Å². The van der Waals surface area contributed by atoms with Gasteiger partial charge >= 0.3 is 0 Å². The largest absolute Gasteiger partial charge is 0.325 e. The Hall–Kier alpha value is -1.85. The Bertz CT molecular complexity index is 740. The minimum Gasteiger partial charge on any atom is -0.325 e. The first-order chi connectivity index (χ1) is 11.9. The third-order valence-corrected chi connectivity index (χ3v) is 5.15. The highest BCUT2D eigenvalue weighted by Gasteiger charge is 2.32. The third-order valence-electron chi connectivity index (χ3n) is 4.90. The van der Waals surface area contributed by atoms with Crippen LogP contribution in [0, 0.1) is 13.8 Å². The lowest BCUT2D eigenvalue weighted by Gasteiger charge is -2.30. The van der Waals surface area contributed by atoms with Crippen molar-refractivity contribution in [1.82, 2.24) is 14.7 Å². The number of halogens is 1. The molecule has 1 amide bonds. The van der Waals surface area contributed by atoms with Gasteiger partial charge in [0, 0.05) is 22.4 Å². The SMILES string of the molecule is Cc1cc(C)n(CC2CCCN2C(C)C(=O)Nc2ccc(Cl)cc2)n1. The lowest BCUT2D eigenvalue weighted by Crippen LogP contribution is -2.46. The average Bonchev–Trinajstić information content (AvgIpc) is 3.15. The van der Waals surface area contributed by atoms with Gasteiger partial charge in [-0.05, 0) is 70.5 Å². The summed E-state index contributed by atoms with van der Waals surface area (Å²) >= 11 is 5.90. The van der Waals surface area contributed by atoms with Gasteiger partial charge in [0.25, 0.3) is 0 Å². The van der Waals surface area contributed by atoms with Crippen molar-refractivity contribution in [1.29, 1.82) is 0 Å². The van der Waals surface area contributed by atoms with Crippen molar-refractivity contribution < 1.29 is 4.79 Å². The van der Waals surface area contributed by atoms with Crippen molar-refractivity contribution in [3.63, 3.8) is 0 Å². The second-order valence-corrected chi connectivity index (χ2v) is 7.25. The lowest BCUT2D eigenvalue weighted by molar-refractivity contribution is -0.121. The third kappa shape index (κ3) is 4.22. The van der Waals surface area contributed by atoms with E-state index in [-0.39, 0.29) is 11.9 Å². The molecule has 5 nitrogen and oxygen atoms in total. The molecule has 1 saturated heterocycles. The molecule has 1 aliphatic heterocycles. The minimum atomic E-state index is -0.180. The van der Waals surface area contributed by atoms with Crippen LogP contribution in [0.3, 0.4) is 0 Å². The van der Waals surface area contributed by atoms with E-state index in [2.05, 4.69) is 33.0 Å². The molecule has 1 aliphatic rings. The van der Waals surface area contributed by atoms with E-state index in [0.29, 0.717) is 11.1 Å². The Balaban J connectivity index is 1.65. The van der Waals surface area contributed by atoms with Crippen LogP contribution in [-0.2, 0) is 11.3 Å². The molecule has 0 saturated carbocycles. The predicted octanol–water partition coefficient (Wildman–Crippen LogP) is 3.64. The van der Waals surface area contributed by atoms with Crippen LogP contribution in [0.4, 0.5) is 5.69 Å². The molecule has 2 aromatic rings. The predicted molar refractivity (Wildman–Crippen MR) is 101 cm³/mol. The number of rotatable bonds is 5. The van der Waals surface area contributed by atoms with Crippen molar-refractivity contribution in [3.8, 4) is 0 Å². The topological polar surface area (TPSA) is 50.2 Å².